The normalized spacial score (nSPS) is 24.7. The van der Waals surface area contributed by atoms with Gasteiger partial charge in [-0.15, -0.1) is 0 Å². The molecule has 22 heavy (non-hydrogen) atoms. The van der Waals surface area contributed by atoms with Gasteiger partial charge in [0.2, 0.25) is 10.0 Å². The van der Waals surface area contributed by atoms with E-state index in [1.165, 1.54) is 0 Å². The third-order valence-electron chi connectivity index (χ3n) is 4.00. The maximum Gasteiger partial charge on any atom is 0.210 e. The zero-order valence-electron chi connectivity index (χ0n) is 13.2. The van der Waals surface area contributed by atoms with Crippen molar-refractivity contribution in [2.45, 2.75) is 19.4 Å². The van der Waals surface area contributed by atoms with Crippen LogP contribution in [0, 0.1) is 0 Å². The molecule has 0 amide bonds. The number of hydrogen-bond acceptors (Lipinski definition) is 5. The second-order valence-electron chi connectivity index (χ2n) is 5.64. The third kappa shape index (κ3) is 5.38. The number of morpholine rings is 1. The Balaban J connectivity index is 1.90. The molecule has 0 aromatic rings. The van der Waals surface area contributed by atoms with E-state index in [1.54, 1.807) is 0 Å². The Morgan fingerprint density at radius 3 is 2.73 bits per heavy atom. The van der Waals surface area contributed by atoms with E-state index >= 15 is 0 Å². The Morgan fingerprint density at radius 1 is 1.36 bits per heavy atom. The first kappa shape index (κ1) is 17.5. The van der Waals surface area contributed by atoms with Gasteiger partial charge in [-0.2, -0.15) is 0 Å². The van der Waals surface area contributed by atoms with E-state index in [4.69, 9.17) is 9.88 Å². The molecule has 2 saturated heterocycles. The molecule has 2 aliphatic rings. The lowest BCUT2D eigenvalue weighted by atomic mass is 10.2. The summed E-state index contributed by atoms with van der Waals surface area (Å²) in [7, 11) is -3.46. The summed E-state index contributed by atoms with van der Waals surface area (Å²) in [6, 6.07) is 0.519. The fraction of sp³-hybridized carbons (Fsp3) is 0.923. The first-order valence-electron chi connectivity index (χ1n) is 7.85. The molecule has 8 nitrogen and oxygen atoms in total. The molecule has 2 aliphatic heterocycles. The quantitative estimate of drug-likeness (QED) is 0.476. The molecule has 128 valence electrons. The number of nitrogens with two attached hydrogens (primary N) is 1. The molecule has 2 rings (SSSR count). The van der Waals surface area contributed by atoms with Gasteiger partial charge in [-0.25, -0.2) is 13.6 Å². The lowest BCUT2D eigenvalue weighted by molar-refractivity contribution is 0.0195. The van der Waals surface area contributed by atoms with Crippen LogP contribution in [0.1, 0.15) is 13.3 Å². The molecule has 0 spiro atoms. The predicted molar refractivity (Wildman–Crippen MR) is 86.3 cm³/mol. The van der Waals surface area contributed by atoms with Crippen LogP contribution in [0.5, 0.6) is 0 Å². The van der Waals surface area contributed by atoms with Crippen LogP contribution < -0.4 is 10.5 Å². The van der Waals surface area contributed by atoms with Gasteiger partial charge in [0.15, 0.2) is 5.96 Å². The lowest BCUT2D eigenvalue weighted by Crippen LogP contribution is -2.46. The number of aliphatic imine (C=N–C) groups is 1. The number of ether oxygens (including phenoxy) is 1. The molecular formula is C13H27N5O3S. The SMILES string of the molecule is CCNC(=NCCS(N)(=O)=O)N1CCC(N2CCOCC2)C1. The van der Waals surface area contributed by atoms with Crippen LogP contribution in [0.3, 0.4) is 0 Å². The Bertz CT molecular complexity index is 476. The zero-order valence-corrected chi connectivity index (χ0v) is 14.0. The Hall–Kier alpha value is -0.900. The number of primary sulfonamides is 1. The number of likely N-dealkylation sites (tertiary alicyclic amines) is 1. The summed E-state index contributed by atoms with van der Waals surface area (Å²) >= 11 is 0. The molecule has 9 heteroatoms. The van der Waals surface area contributed by atoms with Gasteiger partial charge < -0.3 is 15.0 Å². The number of nitrogens with one attached hydrogen (secondary N) is 1. The van der Waals surface area contributed by atoms with E-state index in [9.17, 15) is 8.42 Å². The van der Waals surface area contributed by atoms with Gasteiger partial charge in [-0.05, 0) is 13.3 Å². The summed E-state index contributed by atoms with van der Waals surface area (Å²) in [6.07, 6.45) is 1.10. The van der Waals surface area contributed by atoms with Gasteiger partial charge in [0.25, 0.3) is 0 Å². The van der Waals surface area contributed by atoms with Crippen molar-refractivity contribution in [3.63, 3.8) is 0 Å². The highest BCUT2D eigenvalue weighted by Gasteiger charge is 2.30. The second-order valence-corrected chi connectivity index (χ2v) is 7.37. The van der Waals surface area contributed by atoms with Crippen LogP contribution in [0.15, 0.2) is 4.99 Å². The van der Waals surface area contributed by atoms with Crippen LogP contribution in [0.4, 0.5) is 0 Å². The fourth-order valence-electron chi connectivity index (χ4n) is 2.88. The molecule has 3 N–H and O–H groups in total. The van der Waals surface area contributed by atoms with Gasteiger partial charge in [-0.3, -0.25) is 9.89 Å². The molecule has 0 aromatic carbocycles. The summed E-state index contributed by atoms with van der Waals surface area (Å²) in [6.45, 7) is 8.38. The summed E-state index contributed by atoms with van der Waals surface area (Å²) in [5.74, 6) is 0.657. The van der Waals surface area contributed by atoms with E-state index in [0.29, 0.717) is 6.04 Å². The van der Waals surface area contributed by atoms with Crippen LogP contribution in [-0.2, 0) is 14.8 Å². The summed E-state index contributed by atoms with van der Waals surface area (Å²) in [5, 5.41) is 8.25. The van der Waals surface area contributed by atoms with Crippen molar-refractivity contribution in [3.05, 3.63) is 0 Å². The minimum Gasteiger partial charge on any atom is -0.379 e. The highest BCUT2D eigenvalue weighted by atomic mass is 32.2. The van der Waals surface area contributed by atoms with Crippen LogP contribution >= 0.6 is 0 Å². The van der Waals surface area contributed by atoms with Crippen molar-refractivity contribution in [1.82, 2.24) is 15.1 Å². The van der Waals surface area contributed by atoms with E-state index in [-0.39, 0.29) is 12.3 Å². The minimum absolute atomic E-state index is 0.122. The number of nitrogens with zero attached hydrogens (tertiary/aromatic N) is 3. The molecule has 1 atom stereocenters. The van der Waals surface area contributed by atoms with E-state index in [0.717, 1.165) is 58.3 Å². The predicted octanol–water partition coefficient (Wildman–Crippen LogP) is -1.35. The van der Waals surface area contributed by atoms with Crippen molar-refractivity contribution in [3.8, 4) is 0 Å². The number of rotatable bonds is 5. The van der Waals surface area contributed by atoms with E-state index < -0.39 is 10.0 Å². The zero-order chi connectivity index (χ0) is 16.0. The van der Waals surface area contributed by atoms with Gasteiger partial charge in [0.05, 0.1) is 25.5 Å². The summed E-state index contributed by atoms with van der Waals surface area (Å²) < 4.78 is 27.4. The minimum atomic E-state index is -3.46. The van der Waals surface area contributed by atoms with Crippen molar-refractivity contribution >= 4 is 16.0 Å². The highest BCUT2D eigenvalue weighted by molar-refractivity contribution is 7.89. The molecule has 0 aromatic heterocycles. The van der Waals surface area contributed by atoms with Crippen LogP contribution in [-0.4, -0.2) is 88.5 Å². The Labute approximate surface area is 132 Å². The first-order chi connectivity index (χ1) is 10.5. The van der Waals surface area contributed by atoms with Crippen molar-refractivity contribution in [1.29, 1.82) is 0 Å². The largest absolute Gasteiger partial charge is 0.379 e. The molecule has 2 fully saturated rings. The topological polar surface area (TPSA) is 100 Å². The van der Waals surface area contributed by atoms with Gasteiger partial charge >= 0.3 is 0 Å². The molecule has 1 unspecified atom stereocenters. The average molecular weight is 333 g/mol. The number of sulfonamides is 1. The molecule has 0 aliphatic carbocycles. The maximum atomic E-state index is 11.0. The monoisotopic (exact) mass is 333 g/mol. The Morgan fingerprint density at radius 2 is 2.09 bits per heavy atom. The van der Waals surface area contributed by atoms with E-state index in [2.05, 4.69) is 20.1 Å². The van der Waals surface area contributed by atoms with Crippen molar-refractivity contribution < 1.29 is 13.2 Å². The second kappa shape index (κ2) is 8.09. The summed E-state index contributed by atoms with van der Waals surface area (Å²) in [5.41, 5.74) is 0. The molecule has 2 heterocycles. The number of guanidine groups is 1. The molecule has 0 saturated carbocycles. The average Bonchev–Trinajstić information content (AvgIpc) is 2.96. The third-order valence-corrected chi connectivity index (χ3v) is 4.75. The first-order valence-corrected chi connectivity index (χ1v) is 9.56. The smallest absolute Gasteiger partial charge is 0.210 e. The highest BCUT2D eigenvalue weighted by Crippen LogP contribution is 2.17. The standard InChI is InChI=1S/C13H27N5O3S/c1-2-15-13(16-4-10-22(14,19)20)18-5-3-12(11-18)17-6-8-21-9-7-17/h12H,2-11H2,1H3,(H,15,16)(H2,14,19,20). The van der Waals surface area contributed by atoms with Gasteiger partial charge in [0, 0.05) is 38.8 Å². The van der Waals surface area contributed by atoms with Gasteiger partial charge in [0.1, 0.15) is 0 Å². The molecule has 0 radical (unpaired) electrons. The number of hydrogen-bond donors (Lipinski definition) is 2. The van der Waals surface area contributed by atoms with Crippen LogP contribution in [0.2, 0.25) is 0 Å². The van der Waals surface area contributed by atoms with Crippen LogP contribution in [0.25, 0.3) is 0 Å². The van der Waals surface area contributed by atoms with Gasteiger partial charge in [-0.1, -0.05) is 0 Å². The lowest BCUT2D eigenvalue weighted by Gasteiger charge is -2.32. The Kier molecular flexibility index (Phi) is 6.42. The van der Waals surface area contributed by atoms with Crippen molar-refractivity contribution in [2.24, 2.45) is 10.1 Å². The fourth-order valence-corrected chi connectivity index (χ4v) is 3.23. The summed E-state index contributed by atoms with van der Waals surface area (Å²) in [4.78, 5) is 9.06. The molecular weight excluding hydrogens is 306 g/mol. The van der Waals surface area contributed by atoms with E-state index in [1.807, 2.05) is 6.92 Å². The molecule has 0 bridgehead atoms. The van der Waals surface area contributed by atoms with Crippen molar-refractivity contribution in [2.75, 3.05) is 58.2 Å². The maximum absolute atomic E-state index is 11.0.